The zero-order valence-electron chi connectivity index (χ0n) is 12.7. The normalized spacial score (nSPS) is 12.6. The average molecular weight is 305 g/mol. The Morgan fingerprint density at radius 2 is 1.86 bits per heavy atom. The Kier molecular flexibility index (Phi) is 5.71. The van der Waals surface area contributed by atoms with Gasteiger partial charge in [-0.1, -0.05) is 55.8 Å². The summed E-state index contributed by atoms with van der Waals surface area (Å²) in [5, 5.41) is 0.469. The van der Waals surface area contributed by atoms with Gasteiger partial charge < -0.3 is 4.74 Å². The first-order valence-corrected chi connectivity index (χ1v) is 7.67. The number of halogens is 1. The molecular weight excluding hydrogens is 284 g/mol. The average Bonchev–Trinajstić information content (AvgIpc) is 2.44. The van der Waals surface area contributed by atoms with E-state index in [0.29, 0.717) is 23.5 Å². The number of aromatic nitrogens is 2. The smallest absolute Gasteiger partial charge is 0.163 e. The zero-order chi connectivity index (χ0) is 15.2. The maximum Gasteiger partial charge on any atom is 0.163 e. The maximum absolute atomic E-state index is 6.16. The van der Waals surface area contributed by atoms with E-state index in [1.807, 2.05) is 43.3 Å². The molecule has 1 unspecified atom stereocenters. The largest absolute Gasteiger partial charge is 0.366 e. The zero-order valence-corrected chi connectivity index (χ0v) is 13.5. The molecular formula is C17H21ClN2O. The minimum absolute atomic E-state index is 0.277. The Hall–Kier alpha value is -1.45. The van der Waals surface area contributed by atoms with Crippen molar-refractivity contribution in [3.05, 3.63) is 58.6 Å². The summed E-state index contributed by atoms with van der Waals surface area (Å²) >= 11 is 6.16. The lowest BCUT2D eigenvalue weighted by Gasteiger charge is -2.17. The van der Waals surface area contributed by atoms with E-state index in [1.54, 1.807) is 0 Å². The molecule has 3 nitrogen and oxygen atoms in total. The van der Waals surface area contributed by atoms with Gasteiger partial charge in [-0.3, -0.25) is 0 Å². The molecule has 1 aromatic carbocycles. The first-order chi connectivity index (χ1) is 10.1. The predicted octanol–water partition coefficient (Wildman–Crippen LogP) is 4.45. The fourth-order valence-corrected chi connectivity index (χ4v) is 2.45. The van der Waals surface area contributed by atoms with E-state index in [4.69, 9.17) is 16.3 Å². The third-order valence-electron chi connectivity index (χ3n) is 3.05. The highest BCUT2D eigenvalue weighted by Gasteiger charge is 2.19. The molecule has 0 aliphatic heterocycles. The lowest BCUT2D eigenvalue weighted by atomic mass is 10.1. The molecule has 0 spiro atoms. The summed E-state index contributed by atoms with van der Waals surface area (Å²) in [5.41, 5.74) is 2.00. The van der Waals surface area contributed by atoms with E-state index in [0.717, 1.165) is 17.7 Å². The molecule has 0 fully saturated rings. The van der Waals surface area contributed by atoms with Crippen molar-refractivity contribution in [1.29, 1.82) is 0 Å². The molecule has 0 saturated carbocycles. The summed E-state index contributed by atoms with van der Waals surface area (Å²) in [5.74, 6) is 1.15. The second-order valence-electron chi connectivity index (χ2n) is 5.38. The van der Waals surface area contributed by atoms with Crippen LogP contribution in [0.15, 0.2) is 36.4 Å². The van der Waals surface area contributed by atoms with Crippen LogP contribution in [0.3, 0.4) is 0 Å². The Labute approximate surface area is 131 Å². The molecule has 0 N–H and O–H groups in total. The molecule has 0 bridgehead atoms. The molecule has 0 aliphatic carbocycles. The van der Waals surface area contributed by atoms with E-state index >= 15 is 0 Å². The molecule has 2 aromatic rings. The Balaban J connectivity index is 2.38. The second-order valence-corrected chi connectivity index (χ2v) is 5.77. The first kappa shape index (κ1) is 15.9. The molecule has 1 aromatic heterocycles. The third-order valence-corrected chi connectivity index (χ3v) is 3.25. The number of benzene rings is 1. The molecule has 21 heavy (non-hydrogen) atoms. The van der Waals surface area contributed by atoms with E-state index < -0.39 is 0 Å². The Bertz CT molecular complexity index is 572. The molecule has 112 valence electrons. The standard InChI is InChI=1S/C17H21ClN2O/c1-4-21-16(13-8-6-5-7-9-13)17-19-14(10-12(2)3)11-15(18)20-17/h5-9,11-12,16H,4,10H2,1-3H3. The lowest BCUT2D eigenvalue weighted by Crippen LogP contribution is -2.12. The summed E-state index contributed by atoms with van der Waals surface area (Å²) in [7, 11) is 0. The molecule has 0 radical (unpaired) electrons. The number of rotatable bonds is 6. The minimum atomic E-state index is -0.277. The van der Waals surface area contributed by atoms with Gasteiger partial charge in [0.25, 0.3) is 0 Å². The van der Waals surface area contributed by atoms with Gasteiger partial charge in [-0.15, -0.1) is 0 Å². The van der Waals surface area contributed by atoms with Gasteiger partial charge in [0.15, 0.2) is 5.82 Å². The van der Waals surface area contributed by atoms with E-state index in [9.17, 15) is 0 Å². The van der Waals surface area contributed by atoms with Crippen LogP contribution in [0.2, 0.25) is 5.15 Å². The topological polar surface area (TPSA) is 35.0 Å². The number of ether oxygens (including phenoxy) is 1. The molecule has 4 heteroatoms. The Morgan fingerprint density at radius 1 is 1.14 bits per heavy atom. The monoisotopic (exact) mass is 304 g/mol. The van der Waals surface area contributed by atoms with Crippen molar-refractivity contribution in [2.45, 2.75) is 33.3 Å². The minimum Gasteiger partial charge on any atom is -0.366 e. The van der Waals surface area contributed by atoms with Crippen LogP contribution in [0.25, 0.3) is 0 Å². The summed E-state index contributed by atoms with van der Waals surface area (Å²) in [4.78, 5) is 9.01. The van der Waals surface area contributed by atoms with Crippen LogP contribution in [-0.4, -0.2) is 16.6 Å². The van der Waals surface area contributed by atoms with Gasteiger partial charge >= 0.3 is 0 Å². The second kappa shape index (κ2) is 7.53. The summed E-state index contributed by atoms with van der Waals surface area (Å²) in [6.07, 6.45) is 0.601. The van der Waals surface area contributed by atoms with Gasteiger partial charge in [0.1, 0.15) is 11.3 Å². The molecule has 0 aliphatic rings. The highest BCUT2D eigenvalue weighted by atomic mass is 35.5. The number of nitrogens with zero attached hydrogens (tertiary/aromatic N) is 2. The van der Waals surface area contributed by atoms with Crippen molar-refractivity contribution in [2.75, 3.05) is 6.61 Å². The van der Waals surface area contributed by atoms with Gasteiger partial charge in [-0.05, 0) is 30.9 Å². The fourth-order valence-electron chi connectivity index (χ4n) is 2.24. The fraction of sp³-hybridized carbons (Fsp3) is 0.412. The molecule has 1 heterocycles. The van der Waals surface area contributed by atoms with E-state index in [1.165, 1.54) is 0 Å². The van der Waals surface area contributed by atoms with Gasteiger partial charge in [-0.2, -0.15) is 0 Å². The predicted molar refractivity (Wildman–Crippen MR) is 85.5 cm³/mol. The van der Waals surface area contributed by atoms with Crippen LogP contribution in [0.5, 0.6) is 0 Å². The maximum atomic E-state index is 6.16. The van der Waals surface area contributed by atoms with Crippen molar-refractivity contribution in [2.24, 2.45) is 5.92 Å². The molecule has 1 atom stereocenters. The van der Waals surface area contributed by atoms with Gasteiger partial charge in [0.05, 0.1) is 0 Å². The lowest BCUT2D eigenvalue weighted by molar-refractivity contribution is 0.0849. The van der Waals surface area contributed by atoms with Crippen LogP contribution in [0.1, 0.15) is 44.0 Å². The van der Waals surface area contributed by atoms with Crippen LogP contribution < -0.4 is 0 Å². The molecule has 0 saturated heterocycles. The van der Waals surface area contributed by atoms with Crippen LogP contribution >= 0.6 is 11.6 Å². The van der Waals surface area contributed by atoms with Crippen LogP contribution in [0, 0.1) is 5.92 Å². The van der Waals surface area contributed by atoms with E-state index in [-0.39, 0.29) is 6.10 Å². The highest BCUT2D eigenvalue weighted by molar-refractivity contribution is 6.29. The molecule has 2 rings (SSSR count). The van der Waals surface area contributed by atoms with Crippen molar-refractivity contribution in [1.82, 2.24) is 9.97 Å². The molecule has 0 amide bonds. The first-order valence-electron chi connectivity index (χ1n) is 7.30. The van der Waals surface area contributed by atoms with Gasteiger partial charge in [0.2, 0.25) is 0 Å². The highest BCUT2D eigenvalue weighted by Crippen LogP contribution is 2.25. The quantitative estimate of drug-likeness (QED) is 0.739. The van der Waals surface area contributed by atoms with Crippen molar-refractivity contribution < 1.29 is 4.74 Å². The summed E-state index contributed by atoms with van der Waals surface area (Å²) < 4.78 is 5.85. The summed E-state index contributed by atoms with van der Waals surface area (Å²) in [6.45, 7) is 6.88. The van der Waals surface area contributed by atoms with Crippen molar-refractivity contribution >= 4 is 11.6 Å². The van der Waals surface area contributed by atoms with Crippen LogP contribution in [-0.2, 0) is 11.2 Å². The number of hydrogen-bond donors (Lipinski definition) is 0. The summed E-state index contributed by atoms with van der Waals surface area (Å²) in [6, 6.07) is 11.8. The SMILES string of the molecule is CCOC(c1ccccc1)c1nc(Cl)cc(CC(C)C)n1. The third kappa shape index (κ3) is 4.51. The van der Waals surface area contributed by atoms with Crippen molar-refractivity contribution in [3.63, 3.8) is 0 Å². The van der Waals surface area contributed by atoms with Crippen LogP contribution in [0.4, 0.5) is 0 Å². The van der Waals surface area contributed by atoms with Crippen molar-refractivity contribution in [3.8, 4) is 0 Å². The number of hydrogen-bond acceptors (Lipinski definition) is 3. The van der Waals surface area contributed by atoms with Gasteiger partial charge in [0, 0.05) is 12.3 Å². The van der Waals surface area contributed by atoms with E-state index in [2.05, 4.69) is 23.8 Å². The van der Waals surface area contributed by atoms with Gasteiger partial charge in [-0.25, -0.2) is 9.97 Å². The Morgan fingerprint density at radius 3 is 2.48 bits per heavy atom.